The van der Waals surface area contributed by atoms with Crippen LogP contribution in [0.3, 0.4) is 0 Å². The van der Waals surface area contributed by atoms with Crippen molar-refractivity contribution in [2.75, 3.05) is 18.9 Å². The molecule has 2 N–H and O–H groups in total. The summed E-state index contributed by atoms with van der Waals surface area (Å²) in [5.74, 6) is 0.610. The highest BCUT2D eigenvalue weighted by molar-refractivity contribution is 5.91. The van der Waals surface area contributed by atoms with E-state index in [2.05, 4.69) is 34.7 Å². The third-order valence-electron chi connectivity index (χ3n) is 4.00. The lowest BCUT2D eigenvalue weighted by atomic mass is 9.98. The van der Waals surface area contributed by atoms with E-state index in [1.807, 2.05) is 37.4 Å². The highest BCUT2D eigenvalue weighted by Crippen LogP contribution is 2.29. The van der Waals surface area contributed by atoms with Crippen LogP contribution in [0.1, 0.15) is 12.0 Å². The van der Waals surface area contributed by atoms with Crippen LogP contribution in [0.2, 0.25) is 0 Å². The highest BCUT2D eigenvalue weighted by Gasteiger charge is 2.08. The molecule has 0 radical (unpaired) electrons. The molecule has 0 atom stereocenters. The lowest BCUT2D eigenvalue weighted by Gasteiger charge is -2.10. The van der Waals surface area contributed by atoms with Gasteiger partial charge in [0.2, 0.25) is 11.8 Å². The van der Waals surface area contributed by atoms with Crippen LogP contribution in [-0.4, -0.2) is 24.5 Å². The number of carbonyl (C=O) groups is 1. The third kappa shape index (κ3) is 4.14. The maximum absolute atomic E-state index is 11.8. The van der Waals surface area contributed by atoms with E-state index in [0.717, 1.165) is 22.4 Å². The SMILES string of the molecule is CNCCC(=O)Nc1ccc(-c2cc(-c3ncco3)ccc2C)cc1. The number of benzene rings is 2. The van der Waals surface area contributed by atoms with Gasteiger partial charge in [-0.2, -0.15) is 0 Å². The zero-order chi connectivity index (χ0) is 17.6. The lowest BCUT2D eigenvalue weighted by molar-refractivity contribution is -0.116. The minimum Gasteiger partial charge on any atom is -0.445 e. The van der Waals surface area contributed by atoms with Gasteiger partial charge in [-0.1, -0.05) is 18.2 Å². The number of nitrogens with one attached hydrogen (secondary N) is 2. The van der Waals surface area contributed by atoms with Crippen molar-refractivity contribution in [3.05, 3.63) is 60.5 Å². The van der Waals surface area contributed by atoms with E-state index < -0.39 is 0 Å². The van der Waals surface area contributed by atoms with Gasteiger partial charge in [-0.05, 0) is 54.9 Å². The van der Waals surface area contributed by atoms with Gasteiger partial charge in [-0.3, -0.25) is 4.79 Å². The Morgan fingerprint density at radius 2 is 1.88 bits per heavy atom. The molecule has 25 heavy (non-hydrogen) atoms. The summed E-state index contributed by atoms with van der Waals surface area (Å²) >= 11 is 0. The van der Waals surface area contributed by atoms with Crippen LogP contribution >= 0.6 is 0 Å². The Morgan fingerprint density at radius 1 is 1.12 bits per heavy atom. The average molecular weight is 335 g/mol. The van der Waals surface area contributed by atoms with E-state index >= 15 is 0 Å². The fourth-order valence-electron chi connectivity index (χ4n) is 2.63. The molecule has 0 bridgehead atoms. The molecule has 0 spiro atoms. The van der Waals surface area contributed by atoms with Crippen molar-refractivity contribution in [1.29, 1.82) is 0 Å². The predicted molar refractivity (Wildman–Crippen MR) is 99.3 cm³/mol. The number of carbonyl (C=O) groups excluding carboxylic acids is 1. The van der Waals surface area contributed by atoms with E-state index in [0.29, 0.717) is 18.9 Å². The molecule has 0 saturated carbocycles. The number of oxazole rings is 1. The van der Waals surface area contributed by atoms with Crippen molar-refractivity contribution in [3.63, 3.8) is 0 Å². The summed E-state index contributed by atoms with van der Waals surface area (Å²) in [4.78, 5) is 16.0. The molecular formula is C20H21N3O2. The standard InChI is InChI=1S/C20H21N3O2/c1-14-3-4-16(20-22-11-12-25-20)13-18(14)15-5-7-17(8-6-15)23-19(24)9-10-21-2/h3-8,11-13,21H,9-10H2,1-2H3,(H,23,24). The van der Waals surface area contributed by atoms with Crippen LogP contribution < -0.4 is 10.6 Å². The van der Waals surface area contributed by atoms with Crippen LogP contribution in [-0.2, 0) is 4.79 Å². The molecule has 0 aliphatic rings. The quantitative estimate of drug-likeness (QED) is 0.718. The first-order chi connectivity index (χ1) is 12.2. The molecule has 0 fully saturated rings. The van der Waals surface area contributed by atoms with Gasteiger partial charge in [-0.15, -0.1) is 0 Å². The minimum atomic E-state index is 0.00386. The second-order valence-corrected chi connectivity index (χ2v) is 5.85. The Hall–Kier alpha value is -2.92. The van der Waals surface area contributed by atoms with Crippen LogP contribution in [0.5, 0.6) is 0 Å². The number of hydrogen-bond donors (Lipinski definition) is 2. The van der Waals surface area contributed by atoms with Crippen LogP contribution in [0, 0.1) is 6.92 Å². The second kappa shape index (κ2) is 7.77. The normalized spacial score (nSPS) is 10.6. The zero-order valence-corrected chi connectivity index (χ0v) is 14.4. The van der Waals surface area contributed by atoms with E-state index in [9.17, 15) is 4.79 Å². The van der Waals surface area contributed by atoms with Crippen molar-refractivity contribution in [2.45, 2.75) is 13.3 Å². The summed E-state index contributed by atoms with van der Waals surface area (Å²) in [6, 6.07) is 14.0. The fourth-order valence-corrected chi connectivity index (χ4v) is 2.63. The molecule has 3 rings (SSSR count). The van der Waals surface area contributed by atoms with Gasteiger partial charge >= 0.3 is 0 Å². The molecule has 1 aromatic heterocycles. The molecule has 5 heteroatoms. The molecule has 2 aromatic carbocycles. The highest BCUT2D eigenvalue weighted by atomic mass is 16.3. The molecule has 1 heterocycles. The number of aromatic nitrogens is 1. The number of amides is 1. The largest absolute Gasteiger partial charge is 0.445 e. The summed E-state index contributed by atoms with van der Waals surface area (Å²) in [6.07, 6.45) is 3.66. The lowest BCUT2D eigenvalue weighted by Crippen LogP contribution is -2.18. The predicted octanol–water partition coefficient (Wildman–Crippen LogP) is 3.87. The Bertz CT molecular complexity index is 840. The van der Waals surface area contributed by atoms with Crippen molar-refractivity contribution in [1.82, 2.24) is 10.3 Å². The maximum atomic E-state index is 11.8. The Balaban J connectivity index is 1.80. The number of aryl methyl sites for hydroxylation is 1. The first-order valence-electron chi connectivity index (χ1n) is 8.23. The summed E-state index contributed by atoms with van der Waals surface area (Å²) in [5.41, 5.74) is 5.10. The van der Waals surface area contributed by atoms with E-state index in [1.165, 1.54) is 5.56 Å². The number of hydrogen-bond acceptors (Lipinski definition) is 4. The first-order valence-corrected chi connectivity index (χ1v) is 8.23. The minimum absolute atomic E-state index is 0.00386. The Labute approximate surface area is 147 Å². The summed E-state index contributed by atoms with van der Waals surface area (Å²) in [5, 5.41) is 5.86. The average Bonchev–Trinajstić information content (AvgIpc) is 3.16. The van der Waals surface area contributed by atoms with Gasteiger partial charge in [0, 0.05) is 24.2 Å². The molecule has 128 valence electrons. The second-order valence-electron chi connectivity index (χ2n) is 5.85. The zero-order valence-electron chi connectivity index (χ0n) is 14.4. The van der Waals surface area contributed by atoms with Crippen LogP contribution in [0.25, 0.3) is 22.6 Å². The van der Waals surface area contributed by atoms with Gasteiger partial charge < -0.3 is 15.1 Å². The topological polar surface area (TPSA) is 67.2 Å². The first kappa shape index (κ1) is 16.9. The Morgan fingerprint density at radius 3 is 2.56 bits per heavy atom. The van der Waals surface area contributed by atoms with E-state index in [4.69, 9.17) is 4.42 Å². The van der Waals surface area contributed by atoms with E-state index in [1.54, 1.807) is 12.5 Å². The van der Waals surface area contributed by atoms with E-state index in [-0.39, 0.29) is 5.91 Å². The van der Waals surface area contributed by atoms with Gasteiger partial charge in [0.15, 0.2) is 0 Å². The number of anilines is 1. The fraction of sp³-hybridized carbons (Fsp3) is 0.200. The van der Waals surface area contributed by atoms with Gasteiger partial charge in [0.05, 0.1) is 6.20 Å². The molecule has 0 aliphatic carbocycles. The molecule has 3 aromatic rings. The summed E-state index contributed by atoms with van der Waals surface area (Å²) in [6.45, 7) is 2.73. The summed E-state index contributed by atoms with van der Waals surface area (Å²) < 4.78 is 5.38. The molecule has 0 aliphatic heterocycles. The van der Waals surface area contributed by atoms with Crippen LogP contribution in [0.15, 0.2) is 59.3 Å². The summed E-state index contributed by atoms with van der Waals surface area (Å²) in [7, 11) is 1.83. The molecule has 5 nitrogen and oxygen atoms in total. The van der Waals surface area contributed by atoms with Crippen molar-refractivity contribution in [3.8, 4) is 22.6 Å². The smallest absolute Gasteiger partial charge is 0.225 e. The molecule has 0 unspecified atom stereocenters. The van der Waals surface area contributed by atoms with Crippen molar-refractivity contribution < 1.29 is 9.21 Å². The van der Waals surface area contributed by atoms with Gasteiger partial charge in [0.25, 0.3) is 0 Å². The molecule has 1 amide bonds. The number of nitrogens with zero attached hydrogens (tertiary/aromatic N) is 1. The third-order valence-corrected chi connectivity index (χ3v) is 4.00. The van der Waals surface area contributed by atoms with Gasteiger partial charge in [-0.25, -0.2) is 4.98 Å². The molecule has 0 saturated heterocycles. The van der Waals surface area contributed by atoms with Crippen LogP contribution in [0.4, 0.5) is 5.69 Å². The number of rotatable bonds is 6. The van der Waals surface area contributed by atoms with Crippen molar-refractivity contribution in [2.24, 2.45) is 0 Å². The molecular weight excluding hydrogens is 314 g/mol. The monoisotopic (exact) mass is 335 g/mol. The van der Waals surface area contributed by atoms with Crippen molar-refractivity contribution >= 4 is 11.6 Å². The van der Waals surface area contributed by atoms with Gasteiger partial charge in [0.1, 0.15) is 6.26 Å². The Kier molecular flexibility index (Phi) is 5.26. The maximum Gasteiger partial charge on any atom is 0.225 e.